The molecule has 3 unspecified atom stereocenters. The summed E-state index contributed by atoms with van der Waals surface area (Å²) in [4.78, 5) is 1.38. The Morgan fingerprint density at radius 1 is 1.32 bits per heavy atom. The van der Waals surface area contributed by atoms with Crippen LogP contribution in [-0.4, -0.2) is 18.3 Å². The maximum Gasteiger partial charge on any atom is 0.0410 e. The molecule has 1 aliphatic carbocycles. The number of halogens is 1. The van der Waals surface area contributed by atoms with Crippen molar-refractivity contribution in [3.63, 3.8) is 0 Å². The molecule has 1 aliphatic heterocycles. The summed E-state index contributed by atoms with van der Waals surface area (Å²) >= 11 is 8.10. The molecule has 104 valence electrons. The second-order valence-electron chi connectivity index (χ2n) is 5.57. The molecule has 0 saturated heterocycles. The first kappa shape index (κ1) is 13.7. The van der Waals surface area contributed by atoms with E-state index in [1.807, 2.05) is 17.8 Å². The van der Waals surface area contributed by atoms with Gasteiger partial charge in [-0.1, -0.05) is 18.0 Å². The first-order valence-corrected chi connectivity index (χ1v) is 8.52. The smallest absolute Gasteiger partial charge is 0.0410 e. The molecule has 1 heterocycles. The zero-order chi connectivity index (χ0) is 13.2. The topological polar surface area (TPSA) is 38.0 Å². The largest absolute Gasteiger partial charge is 0.330 e. The standard InChI is InChI=1S/C15H21ClN2S/c16-11-4-5-15-12(8-11)14(6-7-19-15)18-13-3-1-2-10(13)9-17/h4-5,8,10,13-14,18H,1-3,6-7,9,17H2. The maximum absolute atomic E-state index is 6.16. The van der Waals surface area contributed by atoms with Gasteiger partial charge in [0.2, 0.25) is 0 Å². The van der Waals surface area contributed by atoms with Crippen LogP contribution in [0.5, 0.6) is 0 Å². The van der Waals surface area contributed by atoms with Gasteiger partial charge in [-0.15, -0.1) is 11.8 Å². The zero-order valence-electron chi connectivity index (χ0n) is 11.1. The van der Waals surface area contributed by atoms with Crippen LogP contribution in [0.3, 0.4) is 0 Å². The number of hydrogen-bond donors (Lipinski definition) is 2. The van der Waals surface area contributed by atoms with Crippen LogP contribution in [0.25, 0.3) is 0 Å². The lowest BCUT2D eigenvalue weighted by molar-refractivity contribution is 0.354. The van der Waals surface area contributed by atoms with Gasteiger partial charge in [0.05, 0.1) is 0 Å². The lowest BCUT2D eigenvalue weighted by atomic mass is 9.98. The minimum atomic E-state index is 0.451. The highest BCUT2D eigenvalue weighted by atomic mass is 35.5. The van der Waals surface area contributed by atoms with E-state index in [0.29, 0.717) is 18.0 Å². The van der Waals surface area contributed by atoms with Crippen LogP contribution in [0, 0.1) is 5.92 Å². The first-order valence-electron chi connectivity index (χ1n) is 7.16. The Kier molecular flexibility index (Phi) is 4.37. The van der Waals surface area contributed by atoms with E-state index in [2.05, 4.69) is 17.4 Å². The van der Waals surface area contributed by atoms with Gasteiger partial charge in [-0.3, -0.25) is 0 Å². The molecule has 2 nitrogen and oxygen atoms in total. The Labute approximate surface area is 124 Å². The molecule has 0 spiro atoms. The highest BCUT2D eigenvalue weighted by Crippen LogP contribution is 2.39. The Hall–Kier alpha value is -0.220. The number of thioether (sulfide) groups is 1. The predicted octanol–water partition coefficient (Wildman–Crippen LogP) is 3.59. The van der Waals surface area contributed by atoms with Crippen molar-refractivity contribution in [3.8, 4) is 0 Å². The number of nitrogens with one attached hydrogen (secondary N) is 1. The SMILES string of the molecule is NCC1CCCC1NC1CCSc2ccc(Cl)cc21. The van der Waals surface area contributed by atoms with Crippen LogP contribution in [-0.2, 0) is 0 Å². The molecule has 3 atom stereocenters. The van der Waals surface area contributed by atoms with Crippen molar-refractivity contribution in [2.75, 3.05) is 12.3 Å². The highest BCUT2D eigenvalue weighted by Gasteiger charge is 2.30. The van der Waals surface area contributed by atoms with Gasteiger partial charge >= 0.3 is 0 Å². The monoisotopic (exact) mass is 296 g/mol. The van der Waals surface area contributed by atoms with Gasteiger partial charge in [-0.2, -0.15) is 0 Å². The normalized spacial score (nSPS) is 30.3. The zero-order valence-corrected chi connectivity index (χ0v) is 12.6. The third-order valence-electron chi connectivity index (χ3n) is 4.39. The Balaban J connectivity index is 1.78. The molecule has 2 aliphatic rings. The quantitative estimate of drug-likeness (QED) is 0.895. The van der Waals surface area contributed by atoms with E-state index in [9.17, 15) is 0 Å². The predicted molar refractivity (Wildman–Crippen MR) is 82.9 cm³/mol. The van der Waals surface area contributed by atoms with Gasteiger partial charge in [0.25, 0.3) is 0 Å². The number of rotatable bonds is 3. The van der Waals surface area contributed by atoms with E-state index in [0.717, 1.165) is 11.6 Å². The molecule has 19 heavy (non-hydrogen) atoms. The lowest BCUT2D eigenvalue weighted by Gasteiger charge is -2.31. The van der Waals surface area contributed by atoms with Crippen LogP contribution in [0.15, 0.2) is 23.1 Å². The Morgan fingerprint density at radius 2 is 2.21 bits per heavy atom. The van der Waals surface area contributed by atoms with Gasteiger partial charge in [0.15, 0.2) is 0 Å². The number of nitrogens with two attached hydrogens (primary N) is 1. The van der Waals surface area contributed by atoms with Gasteiger partial charge in [0, 0.05) is 22.0 Å². The second-order valence-corrected chi connectivity index (χ2v) is 7.14. The van der Waals surface area contributed by atoms with Crippen LogP contribution in [0.2, 0.25) is 5.02 Å². The molecule has 1 aromatic rings. The molecule has 0 amide bonds. The molecular formula is C15H21ClN2S. The summed E-state index contributed by atoms with van der Waals surface area (Å²) in [6, 6.07) is 7.32. The van der Waals surface area contributed by atoms with E-state index in [-0.39, 0.29) is 0 Å². The minimum Gasteiger partial charge on any atom is -0.330 e. The summed E-state index contributed by atoms with van der Waals surface area (Å²) in [6.07, 6.45) is 5.04. The number of fused-ring (bicyclic) bond motifs is 1. The van der Waals surface area contributed by atoms with Crippen molar-refractivity contribution < 1.29 is 0 Å². The molecule has 4 heteroatoms. The van der Waals surface area contributed by atoms with Gasteiger partial charge in [-0.05, 0) is 61.2 Å². The van der Waals surface area contributed by atoms with Crippen LogP contribution in [0.1, 0.15) is 37.3 Å². The minimum absolute atomic E-state index is 0.451. The average Bonchev–Trinajstić information content (AvgIpc) is 2.87. The Bertz CT molecular complexity index is 452. The Morgan fingerprint density at radius 3 is 3.05 bits per heavy atom. The average molecular weight is 297 g/mol. The summed E-state index contributed by atoms with van der Waals surface area (Å²) in [6.45, 7) is 0.807. The third kappa shape index (κ3) is 2.94. The van der Waals surface area contributed by atoms with E-state index in [1.165, 1.54) is 41.9 Å². The molecule has 1 saturated carbocycles. The fourth-order valence-corrected chi connectivity index (χ4v) is 4.62. The molecular weight excluding hydrogens is 276 g/mol. The van der Waals surface area contributed by atoms with E-state index in [1.54, 1.807) is 0 Å². The maximum atomic E-state index is 6.16. The van der Waals surface area contributed by atoms with Gasteiger partial charge < -0.3 is 11.1 Å². The van der Waals surface area contributed by atoms with Crippen LogP contribution in [0.4, 0.5) is 0 Å². The van der Waals surface area contributed by atoms with Crippen molar-refractivity contribution in [2.45, 2.75) is 42.7 Å². The lowest BCUT2D eigenvalue weighted by Crippen LogP contribution is -2.39. The molecule has 0 aromatic heterocycles. The van der Waals surface area contributed by atoms with E-state index in [4.69, 9.17) is 17.3 Å². The van der Waals surface area contributed by atoms with Crippen molar-refractivity contribution in [2.24, 2.45) is 11.7 Å². The van der Waals surface area contributed by atoms with Crippen molar-refractivity contribution in [1.29, 1.82) is 0 Å². The highest BCUT2D eigenvalue weighted by molar-refractivity contribution is 7.99. The van der Waals surface area contributed by atoms with E-state index >= 15 is 0 Å². The summed E-state index contributed by atoms with van der Waals surface area (Å²) in [7, 11) is 0. The first-order chi connectivity index (χ1) is 9.28. The van der Waals surface area contributed by atoms with Crippen molar-refractivity contribution in [3.05, 3.63) is 28.8 Å². The van der Waals surface area contributed by atoms with Gasteiger partial charge in [-0.25, -0.2) is 0 Å². The molecule has 3 N–H and O–H groups in total. The summed E-state index contributed by atoms with van der Waals surface area (Å²) in [5.74, 6) is 1.84. The van der Waals surface area contributed by atoms with Crippen molar-refractivity contribution in [1.82, 2.24) is 5.32 Å². The summed E-state index contributed by atoms with van der Waals surface area (Å²) < 4.78 is 0. The summed E-state index contributed by atoms with van der Waals surface area (Å²) in [5.41, 5.74) is 7.26. The van der Waals surface area contributed by atoms with E-state index < -0.39 is 0 Å². The molecule has 0 radical (unpaired) electrons. The fraction of sp³-hybridized carbons (Fsp3) is 0.600. The molecule has 3 rings (SSSR count). The van der Waals surface area contributed by atoms with Gasteiger partial charge in [0.1, 0.15) is 0 Å². The second kappa shape index (κ2) is 6.04. The number of benzene rings is 1. The molecule has 0 bridgehead atoms. The van der Waals surface area contributed by atoms with Crippen LogP contribution >= 0.6 is 23.4 Å². The molecule has 1 aromatic carbocycles. The van der Waals surface area contributed by atoms with Crippen LogP contribution < -0.4 is 11.1 Å². The molecule has 1 fully saturated rings. The third-order valence-corrected chi connectivity index (χ3v) is 5.75. The van der Waals surface area contributed by atoms with Crippen molar-refractivity contribution >= 4 is 23.4 Å². The number of hydrogen-bond acceptors (Lipinski definition) is 3. The fourth-order valence-electron chi connectivity index (χ4n) is 3.34. The summed E-state index contributed by atoms with van der Waals surface area (Å²) in [5, 5.41) is 4.69.